The first-order chi connectivity index (χ1) is 14.4. The van der Waals surface area contributed by atoms with Crippen molar-refractivity contribution in [3.8, 4) is 0 Å². The molecule has 0 unspecified atom stereocenters. The van der Waals surface area contributed by atoms with Crippen LogP contribution in [0.15, 0.2) is 54.6 Å². The zero-order chi connectivity index (χ0) is 21.3. The summed E-state index contributed by atoms with van der Waals surface area (Å²) < 4.78 is 0. The minimum atomic E-state index is -1.16. The third-order valence-electron chi connectivity index (χ3n) is 5.95. The van der Waals surface area contributed by atoms with Gasteiger partial charge in [-0.15, -0.1) is 0 Å². The first kappa shape index (κ1) is 19.9. The number of urea groups is 1. The van der Waals surface area contributed by atoms with E-state index in [0.717, 1.165) is 29.2 Å². The summed E-state index contributed by atoms with van der Waals surface area (Å²) in [7, 11) is 0. The standard InChI is InChI=1S/C23H26N4O3/c1-17-8-10-18(11-9-17)23(2)21(29)27(22(30)24-23)16-20(28)26-14-12-25(13-15-26)19-6-4-3-5-7-19/h3-11H,12-16H2,1-2H3,(H,24,30)/t23-/m1/s1. The number of nitrogens with zero attached hydrogens (tertiary/aromatic N) is 3. The average Bonchev–Trinajstić information content (AvgIpc) is 2.98. The Bertz CT molecular complexity index is 952. The molecule has 156 valence electrons. The van der Waals surface area contributed by atoms with Gasteiger partial charge in [-0.3, -0.25) is 14.5 Å². The highest BCUT2D eigenvalue weighted by Gasteiger charge is 2.49. The van der Waals surface area contributed by atoms with Gasteiger partial charge < -0.3 is 15.1 Å². The monoisotopic (exact) mass is 406 g/mol. The number of benzene rings is 2. The summed E-state index contributed by atoms with van der Waals surface area (Å²) in [6.45, 7) is 5.97. The number of rotatable bonds is 4. The molecule has 0 aromatic heterocycles. The van der Waals surface area contributed by atoms with Gasteiger partial charge in [0.05, 0.1) is 0 Å². The number of aryl methyl sites for hydroxylation is 1. The topological polar surface area (TPSA) is 73.0 Å². The second-order valence-electron chi connectivity index (χ2n) is 8.02. The summed E-state index contributed by atoms with van der Waals surface area (Å²) in [5, 5.41) is 2.76. The highest BCUT2D eigenvalue weighted by atomic mass is 16.2. The first-order valence-corrected chi connectivity index (χ1v) is 10.2. The fourth-order valence-electron chi connectivity index (χ4n) is 4.01. The van der Waals surface area contributed by atoms with Gasteiger partial charge in [-0.05, 0) is 31.5 Å². The van der Waals surface area contributed by atoms with Gasteiger partial charge in [0, 0.05) is 31.9 Å². The predicted octanol–water partition coefficient (Wildman–Crippen LogP) is 2.11. The number of para-hydroxylation sites is 1. The van der Waals surface area contributed by atoms with E-state index in [-0.39, 0.29) is 12.5 Å². The van der Waals surface area contributed by atoms with Crippen molar-refractivity contribution in [1.82, 2.24) is 15.1 Å². The minimum Gasteiger partial charge on any atom is -0.368 e. The van der Waals surface area contributed by atoms with E-state index in [4.69, 9.17) is 0 Å². The third-order valence-corrected chi connectivity index (χ3v) is 5.95. The van der Waals surface area contributed by atoms with Gasteiger partial charge in [0.1, 0.15) is 12.1 Å². The van der Waals surface area contributed by atoms with Gasteiger partial charge in [0.15, 0.2) is 0 Å². The summed E-state index contributed by atoms with van der Waals surface area (Å²) in [6, 6.07) is 17.0. The van der Waals surface area contributed by atoms with Crippen LogP contribution >= 0.6 is 0 Å². The Balaban J connectivity index is 1.39. The van der Waals surface area contributed by atoms with Gasteiger partial charge in [-0.2, -0.15) is 0 Å². The molecule has 0 spiro atoms. The number of piperazine rings is 1. The molecule has 4 rings (SSSR count). The fourth-order valence-corrected chi connectivity index (χ4v) is 4.01. The SMILES string of the molecule is Cc1ccc([C@@]2(C)NC(=O)N(CC(=O)N3CCN(c4ccccc4)CC3)C2=O)cc1. The summed E-state index contributed by atoms with van der Waals surface area (Å²) in [5.41, 5.74) is 1.75. The number of imide groups is 1. The van der Waals surface area contributed by atoms with Crippen LogP contribution in [0.1, 0.15) is 18.1 Å². The third kappa shape index (κ3) is 3.63. The summed E-state index contributed by atoms with van der Waals surface area (Å²) in [5.74, 6) is -0.605. The van der Waals surface area contributed by atoms with E-state index in [9.17, 15) is 14.4 Å². The van der Waals surface area contributed by atoms with Crippen molar-refractivity contribution >= 4 is 23.5 Å². The van der Waals surface area contributed by atoms with E-state index in [2.05, 4.69) is 22.3 Å². The first-order valence-electron chi connectivity index (χ1n) is 10.2. The van der Waals surface area contributed by atoms with Crippen LogP contribution in [-0.4, -0.2) is 60.4 Å². The Morgan fingerprint density at radius 2 is 1.60 bits per heavy atom. The van der Waals surface area contributed by atoms with Crippen molar-refractivity contribution in [1.29, 1.82) is 0 Å². The molecule has 0 radical (unpaired) electrons. The molecule has 1 N–H and O–H groups in total. The van der Waals surface area contributed by atoms with Crippen LogP contribution in [0.5, 0.6) is 0 Å². The molecule has 2 heterocycles. The van der Waals surface area contributed by atoms with E-state index in [1.54, 1.807) is 11.8 Å². The van der Waals surface area contributed by atoms with E-state index in [1.165, 1.54) is 0 Å². The molecule has 30 heavy (non-hydrogen) atoms. The molecule has 0 aliphatic carbocycles. The molecule has 2 aromatic carbocycles. The Kier molecular flexibility index (Phi) is 5.20. The van der Waals surface area contributed by atoms with Crippen LogP contribution < -0.4 is 10.2 Å². The molecule has 2 aliphatic heterocycles. The Morgan fingerprint density at radius 1 is 0.967 bits per heavy atom. The van der Waals surface area contributed by atoms with Gasteiger partial charge in [-0.25, -0.2) is 4.79 Å². The minimum absolute atomic E-state index is 0.209. The largest absolute Gasteiger partial charge is 0.368 e. The number of hydrogen-bond acceptors (Lipinski definition) is 4. The predicted molar refractivity (Wildman–Crippen MR) is 114 cm³/mol. The van der Waals surface area contributed by atoms with Crippen molar-refractivity contribution in [3.63, 3.8) is 0 Å². The lowest BCUT2D eigenvalue weighted by atomic mass is 9.91. The van der Waals surface area contributed by atoms with Crippen molar-refractivity contribution in [3.05, 3.63) is 65.7 Å². The summed E-state index contributed by atoms with van der Waals surface area (Å²) in [6.07, 6.45) is 0. The maximum atomic E-state index is 13.0. The second-order valence-corrected chi connectivity index (χ2v) is 8.02. The Labute approximate surface area is 176 Å². The summed E-state index contributed by atoms with van der Waals surface area (Å²) in [4.78, 5) is 43.4. The lowest BCUT2D eigenvalue weighted by Gasteiger charge is -2.36. The molecule has 1 atom stereocenters. The molecular weight excluding hydrogens is 380 g/mol. The van der Waals surface area contributed by atoms with Gasteiger partial charge in [0.2, 0.25) is 5.91 Å². The molecule has 7 heteroatoms. The molecule has 2 saturated heterocycles. The zero-order valence-corrected chi connectivity index (χ0v) is 17.3. The van der Waals surface area contributed by atoms with Crippen LogP contribution in [-0.2, 0) is 15.1 Å². The molecule has 2 fully saturated rings. The highest BCUT2D eigenvalue weighted by molar-refractivity contribution is 6.09. The van der Waals surface area contributed by atoms with Crippen LogP contribution in [0.25, 0.3) is 0 Å². The van der Waals surface area contributed by atoms with Crippen molar-refractivity contribution in [2.45, 2.75) is 19.4 Å². The van der Waals surface area contributed by atoms with Gasteiger partial charge >= 0.3 is 6.03 Å². The second kappa shape index (κ2) is 7.82. The number of hydrogen-bond donors (Lipinski definition) is 1. The van der Waals surface area contributed by atoms with Crippen LogP contribution in [0.2, 0.25) is 0 Å². The molecule has 2 aromatic rings. The number of anilines is 1. The molecule has 7 nitrogen and oxygen atoms in total. The van der Waals surface area contributed by atoms with E-state index >= 15 is 0 Å². The molecule has 2 aliphatic rings. The fraction of sp³-hybridized carbons (Fsp3) is 0.348. The smallest absolute Gasteiger partial charge is 0.325 e. The maximum absolute atomic E-state index is 13.0. The maximum Gasteiger partial charge on any atom is 0.325 e. The number of carbonyl (C=O) groups is 3. The van der Waals surface area contributed by atoms with E-state index < -0.39 is 17.5 Å². The lowest BCUT2D eigenvalue weighted by molar-refractivity contribution is -0.139. The highest BCUT2D eigenvalue weighted by Crippen LogP contribution is 2.29. The summed E-state index contributed by atoms with van der Waals surface area (Å²) >= 11 is 0. The number of carbonyl (C=O) groups excluding carboxylic acids is 3. The van der Waals surface area contributed by atoms with Crippen molar-refractivity contribution in [2.24, 2.45) is 0 Å². The Hall–Kier alpha value is -3.35. The van der Waals surface area contributed by atoms with E-state index in [0.29, 0.717) is 18.7 Å². The quantitative estimate of drug-likeness (QED) is 0.790. The van der Waals surface area contributed by atoms with Crippen LogP contribution in [0, 0.1) is 6.92 Å². The molecule has 0 bridgehead atoms. The lowest BCUT2D eigenvalue weighted by Crippen LogP contribution is -2.52. The Morgan fingerprint density at radius 3 is 2.23 bits per heavy atom. The average molecular weight is 406 g/mol. The molecular formula is C23H26N4O3. The zero-order valence-electron chi connectivity index (χ0n) is 17.3. The normalized spacial score (nSPS) is 21.7. The van der Waals surface area contributed by atoms with Crippen molar-refractivity contribution in [2.75, 3.05) is 37.6 Å². The van der Waals surface area contributed by atoms with Gasteiger partial charge in [0.25, 0.3) is 5.91 Å². The molecule has 4 amide bonds. The van der Waals surface area contributed by atoms with Crippen LogP contribution in [0.3, 0.4) is 0 Å². The van der Waals surface area contributed by atoms with Crippen LogP contribution in [0.4, 0.5) is 10.5 Å². The van der Waals surface area contributed by atoms with Crippen molar-refractivity contribution < 1.29 is 14.4 Å². The van der Waals surface area contributed by atoms with Gasteiger partial charge in [-0.1, -0.05) is 48.0 Å². The number of amides is 4. The molecule has 0 saturated carbocycles. The van der Waals surface area contributed by atoms with E-state index in [1.807, 2.05) is 49.4 Å². The number of nitrogens with one attached hydrogen (secondary N) is 1.